The maximum absolute atomic E-state index is 14.7. The molecule has 2 aliphatic heterocycles. The Morgan fingerprint density at radius 2 is 1.01 bits per heavy atom. The highest BCUT2D eigenvalue weighted by molar-refractivity contribution is 7.98. The second kappa shape index (κ2) is 41.0. The zero-order valence-electron chi connectivity index (χ0n) is 54.5. The Balaban J connectivity index is 1.56. The quantitative estimate of drug-likeness (QED) is 0.0173. The lowest BCUT2D eigenvalue weighted by atomic mass is 10.0. The Hall–Kier alpha value is -8.91. The summed E-state index contributed by atoms with van der Waals surface area (Å²) in [5, 5.41) is 21.1. The van der Waals surface area contributed by atoms with Crippen LogP contribution in [0, 0.1) is 5.92 Å². The van der Waals surface area contributed by atoms with Gasteiger partial charge in [-0.25, -0.2) is 0 Å². The molecule has 0 aromatic heterocycles. The van der Waals surface area contributed by atoms with Gasteiger partial charge in [-0.1, -0.05) is 74.5 Å². The summed E-state index contributed by atoms with van der Waals surface area (Å²) < 4.78 is 0. The molecule has 2 saturated heterocycles. The van der Waals surface area contributed by atoms with Gasteiger partial charge in [-0.15, -0.1) is 0 Å². The molecule has 0 aliphatic carbocycles. The van der Waals surface area contributed by atoms with Crippen LogP contribution in [0.1, 0.15) is 121 Å². The van der Waals surface area contributed by atoms with Gasteiger partial charge in [-0.2, -0.15) is 11.8 Å². The number of aliphatic imine (C=N–C) groups is 1. The summed E-state index contributed by atoms with van der Waals surface area (Å²) in [6, 6.07) is 4.51. The van der Waals surface area contributed by atoms with Crippen molar-refractivity contribution >= 4 is 94.5 Å². The maximum atomic E-state index is 14.7. The first-order chi connectivity index (χ1) is 45.2. The number of primary amides is 3. The maximum Gasteiger partial charge on any atom is 0.245 e. The van der Waals surface area contributed by atoms with E-state index in [0.717, 1.165) is 0 Å². The number of likely N-dealkylation sites (tertiary alicyclic amines) is 2. The average molecular weight is 1350 g/mol. The van der Waals surface area contributed by atoms with E-state index in [1.807, 2.05) is 20.1 Å². The van der Waals surface area contributed by atoms with Crippen molar-refractivity contribution in [3.63, 3.8) is 0 Å². The first kappa shape index (κ1) is 78.5. The number of nitrogens with one attached hydrogen (secondary N) is 8. The fraction of sp³-hybridized carbons (Fsp3) is 0.587. The zero-order valence-corrected chi connectivity index (χ0v) is 55.3. The Morgan fingerprint density at radius 1 is 0.537 bits per heavy atom. The van der Waals surface area contributed by atoms with E-state index in [9.17, 15) is 62.3 Å². The van der Waals surface area contributed by atoms with E-state index in [4.69, 9.17) is 40.1 Å². The third-order valence-corrected chi connectivity index (χ3v) is 16.7. The van der Waals surface area contributed by atoms with Crippen molar-refractivity contribution in [2.45, 2.75) is 183 Å². The van der Waals surface area contributed by atoms with Crippen LogP contribution in [0.5, 0.6) is 0 Å². The summed E-state index contributed by atoms with van der Waals surface area (Å²) >= 11 is 1.45. The third-order valence-electron chi connectivity index (χ3n) is 16.0. The van der Waals surface area contributed by atoms with Crippen LogP contribution >= 0.6 is 11.8 Å². The highest BCUT2D eigenvalue weighted by Gasteiger charge is 2.42. The van der Waals surface area contributed by atoms with Crippen molar-refractivity contribution in [1.82, 2.24) is 52.3 Å². The SMILES string of the molecule is CSCC[C@H](NC(=O)[C@H](CC(C)C)NC(=O)CNC(=O)[C@@H](Cc1ccccc1)NC(=O)[C@H](Cc1ccccc1)NC(=O)[C@H](CCC(N)=O)NC(=O)[C@@H](CCC(N)=O)NC(=O)[C@H]1CCCN1C(=O)[C@@H](CCCCN)NC(=O)[C@H]1CCCN1C(=O)[C@@H](N)CCCN=C(N)N)C(N)=O. The molecule has 2 heterocycles. The second-order valence-electron chi connectivity index (χ2n) is 24.1. The van der Waals surface area contributed by atoms with Crippen molar-refractivity contribution in [2.75, 3.05) is 44.7 Å². The van der Waals surface area contributed by atoms with Crippen LogP contribution in [-0.2, 0) is 75.2 Å². The number of carbonyl (C=O) groups is 13. The Bertz CT molecular complexity index is 2960. The first-order valence-corrected chi connectivity index (χ1v) is 33.6. The number of amides is 13. The van der Waals surface area contributed by atoms with Gasteiger partial charge in [0.1, 0.15) is 54.4 Å². The number of hydrogen-bond acceptors (Lipinski definition) is 17. The molecule has 2 aromatic carbocycles. The number of thioether (sulfide) groups is 1. The number of hydrogen-bond donors (Lipinski definition) is 15. The molecule has 0 unspecified atom stereocenters. The summed E-state index contributed by atoms with van der Waals surface area (Å²) in [6.45, 7) is 3.86. The summed E-state index contributed by atoms with van der Waals surface area (Å²) in [4.78, 5) is 185. The highest BCUT2D eigenvalue weighted by Crippen LogP contribution is 2.24. The lowest BCUT2D eigenvalue weighted by molar-refractivity contribution is -0.144. The number of guanidine groups is 1. The average Bonchev–Trinajstić information content (AvgIpc) is 1.74. The molecular formula is C63H98N18O13S. The van der Waals surface area contributed by atoms with Crippen molar-refractivity contribution < 1.29 is 62.3 Å². The molecule has 0 spiro atoms. The van der Waals surface area contributed by atoms with Crippen LogP contribution < -0.4 is 82.7 Å². The molecule has 0 bridgehead atoms. The van der Waals surface area contributed by atoms with Crippen molar-refractivity contribution in [2.24, 2.45) is 51.0 Å². The molecule has 31 nitrogen and oxygen atoms in total. The standard InChI is InChI=1S/C63H98N18O13S/c1-37(2)33-45(57(89)74-41(53(68)85)27-32-95-3)73-52(84)36-72-54(86)46(34-38-15-6-4-7-16-38)78-58(90)47(35-39-17-8-5-9-18-39)79-56(88)42(23-25-50(66)82)75-55(87)43(24-26-51(67)83)76-59(91)49-22-14-31-81(49)62(94)44(20-10-11-28-64)77-60(92)48-21-13-30-80(48)61(93)40(65)19-12-29-71-63(69)70/h4-9,15-18,37,40-49H,10-14,19-36,64-65H2,1-3H3,(H2,66,82)(H2,67,83)(H2,68,85)(H,72,86)(H,73,84)(H,74,89)(H,75,87)(H,76,91)(H,77,92)(H,78,90)(H,79,88)(H4,69,70,71)/t40-,41-,42-,43+,44+,45-,46+,47-,48+,49+/m0/s1. The molecule has 95 heavy (non-hydrogen) atoms. The molecule has 32 heteroatoms. The van der Waals surface area contributed by atoms with Gasteiger partial charge in [-0.3, -0.25) is 67.3 Å². The van der Waals surface area contributed by atoms with Crippen molar-refractivity contribution in [3.05, 3.63) is 71.8 Å². The minimum absolute atomic E-state index is 0.0736. The lowest BCUT2D eigenvalue weighted by Gasteiger charge is -2.32. The fourth-order valence-electron chi connectivity index (χ4n) is 11.0. The van der Waals surface area contributed by atoms with Crippen LogP contribution in [0.3, 0.4) is 0 Å². The first-order valence-electron chi connectivity index (χ1n) is 32.2. The van der Waals surface area contributed by atoms with E-state index in [-0.39, 0.29) is 83.0 Å². The molecule has 10 atom stereocenters. The summed E-state index contributed by atoms with van der Waals surface area (Å²) in [6.07, 6.45) is 3.12. The normalized spacial score (nSPS) is 16.8. The predicted octanol–water partition coefficient (Wildman–Crippen LogP) is -3.71. The van der Waals surface area contributed by atoms with Gasteiger partial charge < -0.3 is 92.5 Å². The van der Waals surface area contributed by atoms with Gasteiger partial charge >= 0.3 is 0 Å². The van der Waals surface area contributed by atoms with Gasteiger partial charge in [0.25, 0.3) is 0 Å². The Kier molecular flexibility index (Phi) is 33.9. The van der Waals surface area contributed by atoms with E-state index < -0.39 is 169 Å². The van der Waals surface area contributed by atoms with Crippen LogP contribution in [-0.4, -0.2) is 198 Å². The molecule has 2 aliphatic rings. The highest BCUT2D eigenvalue weighted by atomic mass is 32.2. The number of carbonyl (C=O) groups excluding carboxylic acids is 13. The lowest BCUT2D eigenvalue weighted by Crippen LogP contribution is -2.60. The molecule has 2 fully saturated rings. The van der Waals surface area contributed by atoms with Crippen molar-refractivity contribution in [3.8, 4) is 0 Å². The van der Waals surface area contributed by atoms with Crippen LogP contribution in [0.4, 0.5) is 0 Å². The Labute approximate surface area is 558 Å². The minimum atomic E-state index is -1.64. The summed E-state index contributed by atoms with van der Waals surface area (Å²) in [5.41, 5.74) is 40.6. The van der Waals surface area contributed by atoms with Gasteiger partial charge in [-0.05, 0) is 119 Å². The van der Waals surface area contributed by atoms with E-state index >= 15 is 0 Å². The molecule has 4 rings (SSSR count). The zero-order chi connectivity index (χ0) is 70.1. The van der Waals surface area contributed by atoms with Gasteiger partial charge in [0.15, 0.2) is 5.96 Å². The predicted molar refractivity (Wildman–Crippen MR) is 356 cm³/mol. The number of unbranched alkanes of at least 4 members (excludes halogenated alkanes) is 1. The molecular weight excluding hydrogens is 1250 g/mol. The molecule has 22 N–H and O–H groups in total. The third kappa shape index (κ3) is 27.5. The van der Waals surface area contributed by atoms with Crippen LogP contribution in [0.25, 0.3) is 0 Å². The topological polar surface area (TPSA) is 519 Å². The number of benzene rings is 2. The van der Waals surface area contributed by atoms with Crippen LogP contribution in [0.2, 0.25) is 0 Å². The summed E-state index contributed by atoms with van der Waals surface area (Å²) in [7, 11) is 0. The van der Waals surface area contributed by atoms with Gasteiger partial charge in [0.2, 0.25) is 76.8 Å². The molecule has 0 radical (unpaired) electrons. The molecule has 2 aromatic rings. The minimum Gasteiger partial charge on any atom is -0.370 e. The van der Waals surface area contributed by atoms with E-state index in [0.29, 0.717) is 55.4 Å². The van der Waals surface area contributed by atoms with Gasteiger partial charge in [0.05, 0.1) is 12.6 Å². The Morgan fingerprint density at radius 3 is 1.51 bits per heavy atom. The smallest absolute Gasteiger partial charge is 0.245 e. The number of nitrogens with two attached hydrogens (primary N) is 7. The fourth-order valence-corrected chi connectivity index (χ4v) is 11.5. The van der Waals surface area contributed by atoms with Crippen LogP contribution in [0.15, 0.2) is 65.7 Å². The second-order valence-corrected chi connectivity index (χ2v) is 25.1. The number of nitrogens with zero attached hydrogens (tertiary/aromatic N) is 3. The molecule has 524 valence electrons. The number of rotatable bonds is 42. The monoisotopic (exact) mass is 1350 g/mol. The van der Waals surface area contributed by atoms with E-state index in [1.54, 1.807) is 60.7 Å². The summed E-state index contributed by atoms with van der Waals surface area (Å²) in [5.74, 6) is -9.80. The van der Waals surface area contributed by atoms with E-state index in [1.165, 1.54) is 21.6 Å². The molecule has 13 amide bonds. The van der Waals surface area contributed by atoms with E-state index in [2.05, 4.69) is 47.5 Å². The molecule has 0 saturated carbocycles. The van der Waals surface area contributed by atoms with Gasteiger partial charge in [0, 0.05) is 45.3 Å². The largest absolute Gasteiger partial charge is 0.370 e. The van der Waals surface area contributed by atoms with Crippen molar-refractivity contribution in [1.29, 1.82) is 0 Å².